The lowest BCUT2D eigenvalue weighted by atomic mass is 10.1. The second-order valence-electron chi connectivity index (χ2n) is 2.87. The topological polar surface area (TPSA) is 0 Å². The molecule has 1 aromatic rings. The SMILES string of the molecule is C/C(=C/CCCl)c1ccc(F)cc1. The molecule has 0 aliphatic heterocycles. The van der Waals surface area contributed by atoms with E-state index >= 15 is 0 Å². The minimum absolute atomic E-state index is 0.200. The molecule has 0 unspecified atom stereocenters. The van der Waals surface area contributed by atoms with E-state index in [-0.39, 0.29) is 5.82 Å². The van der Waals surface area contributed by atoms with Gasteiger partial charge in [0.25, 0.3) is 0 Å². The number of allylic oxidation sites excluding steroid dienone is 2. The van der Waals surface area contributed by atoms with Gasteiger partial charge < -0.3 is 0 Å². The molecule has 0 N–H and O–H groups in total. The van der Waals surface area contributed by atoms with E-state index in [0.29, 0.717) is 5.88 Å². The third kappa shape index (κ3) is 3.19. The molecule has 0 aromatic heterocycles. The first-order valence-electron chi connectivity index (χ1n) is 4.22. The summed E-state index contributed by atoms with van der Waals surface area (Å²) in [6.07, 6.45) is 2.91. The van der Waals surface area contributed by atoms with E-state index in [9.17, 15) is 4.39 Å². The second-order valence-corrected chi connectivity index (χ2v) is 3.25. The summed E-state index contributed by atoms with van der Waals surface area (Å²) in [7, 11) is 0. The molecule has 0 aliphatic carbocycles. The minimum atomic E-state index is -0.200. The summed E-state index contributed by atoms with van der Waals surface area (Å²) < 4.78 is 12.6. The second kappa shape index (κ2) is 5.03. The Balaban J connectivity index is 2.77. The maximum Gasteiger partial charge on any atom is 0.123 e. The van der Waals surface area contributed by atoms with Gasteiger partial charge in [-0.25, -0.2) is 4.39 Å². The van der Waals surface area contributed by atoms with Crippen molar-refractivity contribution < 1.29 is 4.39 Å². The van der Waals surface area contributed by atoms with Crippen LogP contribution in [0.1, 0.15) is 18.9 Å². The zero-order valence-corrected chi connectivity index (χ0v) is 8.31. The van der Waals surface area contributed by atoms with Gasteiger partial charge in [-0.2, -0.15) is 0 Å². The molecule has 0 aliphatic rings. The number of halogens is 2. The van der Waals surface area contributed by atoms with E-state index in [1.165, 1.54) is 12.1 Å². The van der Waals surface area contributed by atoms with Crippen LogP contribution in [0.3, 0.4) is 0 Å². The van der Waals surface area contributed by atoms with Crippen LogP contribution in [-0.4, -0.2) is 5.88 Å². The molecular weight excluding hydrogens is 187 g/mol. The highest BCUT2D eigenvalue weighted by Crippen LogP contribution is 2.14. The largest absolute Gasteiger partial charge is 0.207 e. The van der Waals surface area contributed by atoms with E-state index in [0.717, 1.165) is 17.6 Å². The van der Waals surface area contributed by atoms with Crippen LogP contribution in [0.15, 0.2) is 30.3 Å². The summed E-state index contributed by atoms with van der Waals surface area (Å²) in [6, 6.07) is 6.48. The molecule has 0 spiro atoms. The van der Waals surface area contributed by atoms with E-state index in [1.807, 2.05) is 6.92 Å². The molecule has 2 heteroatoms. The smallest absolute Gasteiger partial charge is 0.123 e. The zero-order chi connectivity index (χ0) is 9.68. The van der Waals surface area contributed by atoms with E-state index in [4.69, 9.17) is 11.6 Å². The van der Waals surface area contributed by atoms with Crippen LogP contribution in [-0.2, 0) is 0 Å². The van der Waals surface area contributed by atoms with Crippen molar-refractivity contribution in [3.05, 3.63) is 41.7 Å². The van der Waals surface area contributed by atoms with E-state index in [1.54, 1.807) is 12.1 Å². The Morgan fingerprint density at radius 3 is 2.54 bits per heavy atom. The van der Waals surface area contributed by atoms with Crippen LogP contribution in [0.25, 0.3) is 5.57 Å². The molecule has 1 aromatic carbocycles. The Bertz CT molecular complexity index is 287. The molecule has 0 bridgehead atoms. The van der Waals surface area contributed by atoms with Crippen LogP contribution in [0, 0.1) is 5.82 Å². The van der Waals surface area contributed by atoms with Crippen LogP contribution in [0.5, 0.6) is 0 Å². The molecule has 1 rings (SSSR count). The van der Waals surface area contributed by atoms with Crippen molar-refractivity contribution in [2.24, 2.45) is 0 Å². The molecule has 0 heterocycles. The first kappa shape index (κ1) is 10.3. The van der Waals surface area contributed by atoms with Gasteiger partial charge in [-0.05, 0) is 36.6 Å². The lowest BCUT2D eigenvalue weighted by Crippen LogP contribution is -1.81. The van der Waals surface area contributed by atoms with Crippen molar-refractivity contribution in [3.8, 4) is 0 Å². The van der Waals surface area contributed by atoms with Gasteiger partial charge in [0.15, 0.2) is 0 Å². The summed E-state index contributed by atoms with van der Waals surface area (Å²) in [5, 5.41) is 0. The Labute approximate surface area is 83.0 Å². The lowest BCUT2D eigenvalue weighted by Gasteiger charge is -2.00. The molecule has 0 saturated carbocycles. The molecule has 0 amide bonds. The van der Waals surface area contributed by atoms with Gasteiger partial charge in [0.2, 0.25) is 0 Å². The number of hydrogen-bond acceptors (Lipinski definition) is 0. The Hall–Kier alpha value is -0.820. The van der Waals surface area contributed by atoms with Crippen molar-refractivity contribution in [1.29, 1.82) is 0 Å². The fraction of sp³-hybridized carbons (Fsp3) is 0.273. The first-order valence-corrected chi connectivity index (χ1v) is 4.76. The molecule has 70 valence electrons. The molecule has 0 saturated heterocycles. The summed E-state index contributed by atoms with van der Waals surface area (Å²) in [4.78, 5) is 0. The zero-order valence-electron chi connectivity index (χ0n) is 7.56. The Morgan fingerprint density at radius 2 is 2.00 bits per heavy atom. The molecule has 0 atom stereocenters. The van der Waals surface area contributed by atoms with Crippen molar-refractivity contribution in [2.45, 2.75) is 13.3 Å². The van der Waals surface area contributed by atoms with Crippen molar-refractivity contribution in [1.82, 2.24) is 0 Å². The standard InChI is InChI=1S/C11H12ClF/c1-9(3-2-8-12)10-4-6-11(13)7-5-10/h3-7H,2,8H2,1H3/b9-3-. The molecule has 13 heavy (non-hydrogen) atoms. The normalized spacial score (nSPS) is 11.8. The van der Waals surface area contributed by atoms with Crippen LogP contribution in [0.2, 0.25) is 0 Å². The third-order valence-corrected chi connectivity index (χ3v) is 2.08. The van der Waals surface area contributed by atoms with Gasteiger partial charge in [0.05, 0.1) is 0 Å². The number of benzene rings is 1. The predicted molar refractivity (Wildman–Crippen MR) is 55.4 cm³/mol. The predicted octanol–water partition coefficient (Wildman–Crippen LogP) is 3.86. The maximum absolute atomic E-state index is 12.6. The molecule has 0 nitrogen and oxygen atoms in total. The number of alkyl halides is 1. The first-order chi connectivity index (χ1) is 6.24. The number of hydrogen-bond donors (Lipinski definition) is 0. The van der Waals surface area contributed by atoms with Gasteiger partial charge in [-0.1, -0.05) is 18.2 Å². The average Bonchev–Trinajstić information content (AvgIpc) is 2.15. The van der Waals surface area contributed by atoms with Gasteiger partial charge in [-0.15, -0.1) is 11.6 Å². The van der Waals surface area contributed by atoms with Crippen LogP contribution >= 0.6 is 11.6 Å². The summed E-state index contributed by atoms with van der Waals surface area (Å²) in [6.45, 7) is 2.00. The third-order valence-electron chi connectivity index (χ3n) is 1.86. The Morgan fingerprint density at radius 1 is 1.38 bits per heavy atom. The highest BCUT2D eigenvalue weighted by molar-refractivity contribution is 6.17. The quantitative estimate of drug-likeness (QED) is 0.647. The highest BCUT2D eigenvalue weighted by atomic mass is 35.5. The number of rotatable bonds is 3. The molecule has 0 fully saturated rings. The Kier molecular flexibility index (Phi) is 3.97. The summed E-state index contributed by atoms with van der Waals surface area (Å²) in [5.41, 5.74) is 2.19. The van der Waals surface area contributed by atoms with Gasteiger partial charge >= 0.3 is 0 Å². The monoisotopic (exact) mass is 198 g/mol. The van der Waals surface area contributed by atoms with Crippen molar-refractivity contribution >= 4 is 17.2 Å². The van der Waals surface area contributed by atoms with Gasteiger partial charge in [0.1, 0.15) is 5.82 Å². The lowest BCUT2D eigenvalue weighted by molar-refractivity contribution is 0.627. The fourth-order valence-corrected chi connectivity index (χ4v) is 1.21. The van der Waals surface area contributed by atoms with Gasteiger partial charge in [-0.3, -0.25) is 0 Å². The average molecular weight is 199 g/mol. The fourth-order valence-electron chi connectivity index (χ4n) is 1.10. The van der Waals surface area contributed by atoms with Crippen LogP contribution < -0.4 is 0 Å². The minimum Gasteiger partial charge on any atom is -0.207 e. The van der Waals surface area contributed by atoms with Crippen molar-refractivity contribution in [3.63, 3.8) is 0 Å². The van der Waals surface area contributed by atoms with Crippen LogP contribution in [0.4, 0.5) is 4.39 Å². The maximum atomic E-state index is 12.6. The van der Waals surface area contributed by atoms with E-state index < -0.39 is 0 Å². The van der Waals surface area contributed by atoms with Crippen molar-refractivity contribution in [2.75, 3.05) is 5.88 Å². The highest BCUT2D eigenvalue weighted by Gasteiger charge is 1.94. The molecule has 0 radical (unpaired) electrons. The molecular formula is C11H12ClF. The van der Waals surface area contributed by atoms with Gasteiger partial charge in [0, 0.05) is 5.88 Å². The summed E-state index contributed by atoms with van der Waals surface area (Å²) in [5.74, 6) is 0.423. The summed E-state index contributed by atoms with van der Waals surface area (Å²) >= 11 is 5.55. The van der Waals surface area contributed by atoms with E-state index in [2.05, 4.69) is 6.08 Å².